The number of benzene rings is 1. The topological polar surface area (TPSA) is 58.3 Å². The van der Waals surface area contributed by atoms with Crippen molar-refractivity contribution >= 4 is 18.1 Å². The largest absolute Gasteiger partial charge is 0.350 e. The maximum atomic E-state index is 12.1. The first-order valence-electron chi connectivity index (χ1n) is 9.27. The standard InChI is InChI=1S/C19H28N6OS/c1-19(2,3)21-17(26)13-22-9-11-23(12-10-22)15-25-18(27)24(14-20-25)16-7-5-4-6-8-16/h4-8,14H,9-13,15H2,1-3H3,(H,21,26). The van der Waals surface area contributed by atoms with E-state index in [1.807, 2.05) is 60.4 Å². The van der Waals surface area contributed by atoms with E-state index in [1.54, 1.807) is 6.33 Å². The molecule has 1 aliphatic heterocycles. The quantitative estimate of drug-likeness (QED) is 0.793. The first kappa shape index (κ1) is 19.7. The monoisotopic (exact) mass is 388 g/mol. The van der Waals surface area contributed by atoms with Crippen LogP contribution in [0.1, 0.15) is 20.8 Å². The number of hydrogen-bond acceptors (Lipinski definition) is 5. The van der Waals surface area contributed by atoms with Gasteiger partial charge >= 0.3 is 0 Å². The molecule has 1 aromatic carbocycles. The van der Waals surface area contributed by atoms with Gasteiger partial charge in [0, 0.05) is 37.4 Å². The average molecular weight is 389 g/mol. The van der Waals surface area contributed by atoms with Crippen LogP contribution >= 0.6 is 12.2 Å². The molecule has 0 radical (unpaired) electrons. The summed E-state index contributed by atoms with van der Waals surface area (Å²) in [5.74, 6) is 0.0831. The molecular weight excluding hydrogens is 360 g/mol. The van der Waals surface area contributed by atoms with Crippen LogP contribution in [-0.4, -0.2) is 68.3 Å². The summed E-state index contributed by atoms with van der Waals surface area (Å²) < 4.78 is 4.46. The highest BCUT2D eigenvalue weighted by Gasteiger charge is 2.21. The molecule has 1 aliphatic rings. The SMILES string of the molecule is CC(C)(C)NC(=O)CN1CCN(Cn2ncn(-c3ccccc3)c2=S)CC1. The lowest BCUT2D eigenvalue weighted by Gasteiger charge is -2.34. The van der Waals surface area contributed by atoms with Gasteiger partial charge in [0.05, 0.1) is 13.2 Å². The molecule has 146 valence electrons. The number of nitrogens with one attached hydrogen (secondary N) is 1. The Morgan fingerprint density at radius 2 is 1.74 bits per heavy atom. The summed E-state index contributed by atoms with van der Waals surface area (Å²) in [5, 5.41) is 7.47. The van der Waals surface area contributed by atoms with Crippen LogP contribution in [0.25, 0.3) is 5.69 Å². The van der Waals surface area contributed by atoms with Crippen molar-refractivity contribution < 1.29 is 4.79 Å². The van der Waals surface area contributed by atoms with Gasteiger partial charge in [-0.2, -0.15) is 5.10 Å². The zero-order valence-corrected chi connectivity index (χ0v) is 17.1. The highest BCUT2D eigenvalue weighted by atomic mass is 32.1. The third kappa shape index (κ3) is 5.47. The molecule has 8 heteroatoms. The van der Waals surface area contributed by atoms with Crippen LogP contribution in [0.5, 0.6) is 0 Å². The number of amides is 1. The van der Waals surface area contributed by atoms with Crippen LogP contribution in [0, 0.1) is 4.77 Å². The molecule has 2 aromatic rings. The Morgan fingerprint density at radius 3 is 2.37 bits per heavy atom. The Labute approximate surface area is 165 Å². The minimum atomic E-state index is -0.188. The van der Waals surface area contributed by atoms with Crippen molar-refractivity contribution in [3.8, 4) is 5.69 Å². The summed E-state index contributed by atoms with van der Waals surface area (Å²) in [7, 11) is 0. The van der Waals surface area contributed by atoms with E-state index in [9.17, 15) is 4.79 Å². The minimum absolute atomic E-state index is 0.0831. The van der Waals surface area contributed by atoms with Crippen LogP contribution in [-0.2, 0) is 11.5 Å². The van der Waals surface area contributed by atoms with Gasteiger partial charge in [0.25, 0.3) is 0 Å². The van der Waals surface area contributed by atoms with Crippen molar-refractivity contribution in [1.29, 1.82) is 0 Å². The maximum Gasteiger partial charge on any atom is 0.234 e. The number of para-hydroxylation sites is 1. The predicted molar refractivity (Wildman–Crippen MR) is 108 cm³/mol. The zero-order valence-electron chi connectivity index (χ0n) is 16.3. The number of piperazine rings is 1. The van der Waals surface area contributed by atoms with E-state index in [2.05, 4.69) is 20.2 Å². The molecule has 0 bridgehead atoms. The lowest BCUT2D eigenvalue weighted by Crippen LogP contribution is -2.51. The third-order valence-electron chi connectivity index (χ3n) is 4.45. The fraction of sp³-hybridized carbons (Fsp3) is 0.526. The zero-order chi connectivity index (χ0) is 19.4. The van der Waals surface area contributed by atoms with Gasteiger partial charge < -0.3 is 5.32 Å². The fourth-order valence-corrected chi connectivity index (χ4v) is 3.40. The lowest BCUT2D eigenvalue weighted by molar-refractivity contribution is -0.124. The summed E-state index contributed by atoms with van der Waals surface area (Å²) in [6.45, 7) is 10.6. The summed E-state index contributed by atoms with van der Waals surface area (Å²) in [6, 6.07) is 10.00. The van der Waals surface area contributed by atoms with Crippen molar-refractivity contribution in [2.75, 3.05) is 32.7 Å². The van der Waals surface area contributed by atoms with Crippen LogP contribution in [0.15, 0.2) is 36.7 Å². The van der Waals surface area contributed by atoms with Crippen molar-refractivity contribution in [3.05, 3.63) is 41.4 Å². The number of aromatic nitrogens is 3. The van der Waals surface area contributed by atoms with E-state index in [4.69, 9.17) is 12.2 Å². The highest BCUT2D eigenvalue weighted by Crippen LogP contribution is 2.09. The number of rotatable bonds is 5. The third-order valence-corrected chi connectivity index (χ3v) is 4.86. The maximum absolute atomic E-state index is 12.1. The molecule has 0 unspecified atom stereocenters. The molecule has 3 rings (SSSR count). The molecule has 27 heavy (non-hydrogen) atoms. The van der Waals surface area contributed by atoms with E-state index in [0.717, 1.165) is 31.9 Å². The number of hydrogen-bond donors (Lipinski definition) is 1. The second kappa shape index (κ2) is 8.33. The average Bonchev–Trinajstić information content (AvgIpc) is 2.96. The van der Waals surface area contributed by atoms with Gasteiger partial charge in [0.15, 0.2) is 0 Å². The predicted octanol–water partition coefficient (Wildman–Crippen LogP) is 1.89. The summed E-state index contributed by atoms with van der Waals surface area (Å²) >= 11 is 5.58. The Kier molecular flexibility index (Phi) is 6.08. The second-order valence-electron chi connectivity index (χ2n) is 7.95. The van der Waals surface area contributed by atoms with Gasteiger partial charge in [-0.3, -0.25) is 19.2 Å². The van der Waals surface area contributed by atoms with Crippen molar-refractivity contribution in [3.63, 3.8) is 0 Å². The normalized spacial score (nSPS) is 16.4. The summed E-state index contributed by atoms with van der Waals surface area (Å²) in [6.07, 6.45) is 1.77. The molecule has 7 nitrogen and oxygen atoms in total. The molecule has 0 atom stereocenters. The van der Waals surface area contributed by atoms with E-state index >= 15 is 0 Å². The van der Waals surface area contributed by atoms with Crippen LogP contribution in [0.2, 0.25) is 0 Å². The number of carbonyl (C=O) groups is 1. The van der Waals surface area contributed by atoms with Crippen molar-refractivity contribution in [2.24, 2.45) is 0 Å². The minimum Gasteiger partial charge on any atom is -0.350 e. The Bertz CT molecular complexity index is 815. The second-order valence-corrected chi connectivity index (χ2v) is 8.32. The van der Waals surface area contributed by atoms with Crippen LogP contribution in [0.3, 0.4) is 0 Å². The molecule has 0 saturated carbocycles. The number of carbonyl (C=O) groups excluding carboxylic acids is 1. The van der Waals surface area contributed by atoms with E-state index in [0.29, 0.717) is 18.0 Å². The molecule has 0 aliphatic carbocycles. The van der Waals surface area contributed by atoms with Crippen molar-refractivity contribution in [2.45, 2.75) is 33.0 Å². The first-order chi connectivity index (χ1) is 12.8. The van der Waals surface area contributed by atoms with Gasteiger partial charge in [-0.05, 0) is 45.1 Å². The molecular formula is C19H28N6OS. The molecule has 0 spiro atoms. The van der Waals surface area contributed by atoms with Gasteiger partial charge in [-0.1, -0.05) is 18.2 Å². The summed E-state index contributed by atoms with van der Waals surface area (Å²) in [5.41, 5.74) is 0.830. The molecule has 2 heterocycles. The number of nitrogens with zero attached hydrogens (tertiary/aromatic N) is 5. The van der Waals surface area contributed by atoms with Crippen LogP contribution in [0.4, 0.5) is 0 Å². The molecule has 1 saturated heterocycles. The molecule has 1 amide bonds. The van der Waals surface area contributed by atoms with Crippen LogP contribution < -0.4 is 5.32 Å². The van der Waals surface area contributed by atoms with E-state index < -0.39 is 0 Å². The van der Waals surface area contributed by atoms with Gasteiger partial charge in [-0.25, -0.2) is 4.68 Å². The van der Waals surface area contributed by atoms with E-state index in [-0.39, 0.29) is 11.4 Å². The molecule has 1 fully saturated rings. The van der Waals surface area contributed by atoms with E-state index in [1.165, 1.54) is 0 Å². The highest BCUT2D eigenvalue weighted by molar-refractivity contribution is 7.71. The van der Waals surface area contributed by atoms with Crippen molar-refractivity contribution in [1.82, 2.24) is 29.5 Å². The first-order valence-corrected chi connectivity index (χ1v) is 9.68. The Morgan fingerprint density at radius 1 is 1.11 bits per heavy atom. The molecule has 1 aromatic heterocycles. The fourth-order valence-electron chi connectivity index (χ4n) is 3.14. The van der Waals surface area contributed by atoms with Gasteiger partial charge in [0.2, 0.25) is 10.7 Å². The smallest absolute Gasteiger partial charge is 0.234 e. The lowest BCUT2D eigenvalue weighted by atomic mass is 10.1. The van der Waals surface area contributed by atoms with Gasteiger partial charge in [0.1, 0.15) is 6.33 Å². The van der Waals surface area contributed by atoms with Gasteiger partial charge in [-0.15, -0.1) is 0 Å². The Hall–Kier alpha value is -2.03. The molecule has 1 N–H and O–H groups in total. The summed E-state index contributed by atoms with van der Waals surface area (Å²) in [4.78, 5) is 16.6. The Balaban J connectivity index is 1.52.